The van der Waals surface area contributed by atoms with Gasteiger partial charge in [-0.1, -0.05) is 61.8 Å². The van der Waals surface area contributed by atoms with E-state index in [4.69, 9.17) is 39.8 Å². The van der Waals surface area contributed by atoms with Crippen molar-refractivity contribution in [3.63, 3.8) is 0 Å². The van der Waals surface area contributed by atoms with Crippen molar-refractivity contribution in [2.75, 3.05) is 39.3 Å². The van der Waals surface area contributed by atoms with Gasteiger partial charge in [-0.05, 0) is 94.9 Å². The molecule has 0 radical (unpaired) electrons. The number of unbranched alkanes of at least 4 members (excludes halogenated alkanes) is 1. The number of rotatable bonds is 55. The van der Waals surface area contributed by atoms with Gasteiger partial charge in [0.25, 0.3) is 0 Å². The van der Waals surface area contributed by atoms with E-state index in [0.717, 1.165) is 0 Å². The van der Waals surface area contributed by atoms with Crippen LogP contribution < -0.4 is 114 Å². The number of nitrogens with zero attached hydrogens (tertiary/aromatic N) is 1. The van der Waals surface area contributed by atoms with E-state index < -0.39 is 249 Å². The number of hydrogen-bond acceptors (Lipinski definition) is 23. The van der Waals surface area contributed by atoms with E-state index in [9.17, 15) is 96.5 Å². The van der Waals surface area contributed by atoms with Crippen LogP contribution >= 0.6 is 0 Å². The van der Waals surface area contributed by atoms with Gasteiger partial charge >= 0.3 is 5.97 Å². The molecule has 44 nitrogen and oxygen atoms in total. The van der Waals surface area contributed by atoms with E-state index in [1.54, 1.807) is 41.5 Å². The number of aliphatic hydroxyl groups excluding tert-OH is 1. The number of H-pyrrole nitrogens is 1. The van der Waals surface area contributed by atoms with Crippen LogP contribution in [0, 0.1) is 29.1 Å². The lowest BCUT2D eigenvalue weighted by Crippen LogP contribution is -2.61. The molecule has 44 heteroatoms. The molecule has 0 aromatic carbocycles. The summed E-state index contributed by atoms with van der Waals surface area (Å²) < 4.78 is 0. The molecule has 0 aliphatic rings. The molecule has 13 atom stereocenters. The Morgan fingerprint density at radius 3 is 1.34 bits per heavy atom. The van der Waals surface area contributed by atoms with E-state index in [-0.39, 0.29) is 76.3 Å². The smallest absolute Gasteiger partial charge is 0.326 e. The number of carbonyl (C=O) groups is 18. The number of carboxylic acid groups (broad SMARTS) is 1. The van der Waals surface area contributed by atoms with Crippen LogP contribution in [0.2, 0.25) is 0 Å². The van der Waals surface area contributed by atoms with Crippen LogP contribution in [0.15, 0.2) is 12.5 Å². The molecule has 17 amide bonds. The maximum atomic E-state index is 14.4. The normalized spacial score (nSPS) is 14.6. The highest BCUT2D eigenvalue weighted by Crippen LogP contribution is 2.15. The Morgan fingerprint density at radius 1 is 0.459 bits per heavy atom. The minimum atomic E-state index is -1.81. The van der Waals surface area contributed by atoms with Crippen LogP contribution in [0.3, 0.4) is 0 Å². The second-order valence-electron chi connectivity index (χ2n) is 27.8. The molecule has 0 aliphatic carbocycles. The topological polar surface area (TPSA) is 737 Å². The second-order valence-corrected chi connectivity index (χ2v) is 27.8. The number of aliphatic hydroxyl groups is 1. The number of guanidine groups is 1. The predicted molar refractivity (Wildman–Crippen MR) is 397 cm³/mol. The number of aliphatic carboxylic acids is 1. The molecule has 624 valence electrons. The molecule has 0 aliphatic heterocycles. The highest BCUT2D eigenvalue weighted by molar-refractivity contribution is 6.00. The summed E-state index contributed by atoms with van der Waals surface area (Å²) in [5.74, 6) is -20.4. The van der Waals surface area contributed by atoms with Gasteiger partial charge in [0.1, 0.15) is 66.5 Å². The van der Waals surface area contributed by atoms with E-state index in [0.29, 0.717) is 18.5 Å². The van der Waals surface area contributed by atoms with Crippen molar-refractivity contribution >= 4 is 112 Å². The molecule has 1 rings (SSSR count). The molecular formula is C67H116N24O20. The van der Waals surface area contributed by atoms with Crippen LogP contribution in [-0.2, 0) is 92.7 Å². The Kier molecular flexibility index (Phi) is 45.2. The van der Waals surface area contributed by atoms with Crippen molar-refractivity contribution in [1.29, 1.82) is 5.41 Å². The average molecular weight is 1580 g/mol. The summed E-state index contributed by atoms with van der Waals surface area (Å²) in [4.78, 5) is 246. The molecule has 1 aromatic rings. The largest absolute Gasteiger partial charge is 0.480 e. The summed E-state index contributed by atoms with van der Waals surface area (Å²) in [6, 6.07) is -17.6. The number of aromatic amines is 1. The van der Waals surface area contributed by atoms with Crippen molar-refractivity contribution in [2.45, 2.75) is 225 Å². The molecule has 1 aromatic heterocycles. The van der Waals surface area contributed by atoms with Gasteiger partial charge in [0.05, 0.1) is 50.7 Å². The van der Waals surface area contributed by atoms with Gasteiger partial charge < -0.3 is 129 Å². The molecule has 0 spiro atoms. The third kappa shape index (κ3) is 39.7. The Morgan fingerprint density at radius 2 is 0.874 bits per heavy atom. The third-order valence-corrected chi connectivity index (χ3v) is 16.7. The Balaban J connectivity index is 3.38. The highest BCUT2D eigenvalue weighted by atomic mass is 16.4. The highest BCUT2D eigenvalue weighted by Gasteiger charge is 2.38. The fourth-order valence-corrected chi connectivity index (χ4v) is 10.5. The average Bonchev–Trinajstić information content (AvgIpc) is 1.38. The van der Waals surface area contributed by atoms with Gasteiger partial charge in [0.15, 0.2) is 5.96 Å². The van der Waals surface area contributed by atoms with Gasteiger partial charge in [0, 0.05) is 32.0 Å². The van der Waals surface area contributed by atoms with Crippen LogP contribution in [0.5, 0.6) is 0 Å². The first kappa shape index (κ1) is 97.8. The molecule has 31 N–H and O–H groups in total. The second kappa shape index (κ2) is 51.3. The maximum absolute atomic E-state index is 14.4. The van der Waals surface area contributed by atoms with Gasteiger partial charge in [-0.3, -0.25) is 86.9 Å². The summed E-state index contributed by atoms with van der Waals surface area (Å²) in [6.07, 6.45) is 0.855. The van der Waals surface area contributed by atoms with Crippen LogP contribution in [0.4, 0.5) is 0 Å². The number of nitrogens with two attached hydrogens (primary N) is 6. The number of aromatic nitrogens is 2. The number of carbonyl (C=O) groups excluding carboxylic acids is 17. The van der Waals surface area contributed by atoms with Gasteiger partial charge in [0.2, 0.25) is 100 Å². The fourth-order valence-electron chi connectivity index (χ4n) is 10.5. The Labute approximate surface area is 642 Å². The molecule has 0 unspecified atom stereocenters. The summed E-state index contributed by atoms with van der Waals surface area (Å²) in [5.41, 5.74) is 33.2. The van der Waals surface area contributed by atoms with Crippen molar-refractivity contribution in [2.24, 2.45) is 58.1 Å². The number of hydrogen-bond donors (Lipinski definition) is 25. The summed E-state index contributed by atoms with van der Waals surface area (Å²) in [6.45, 7) is 11.2. The minimum Gasteiger partial charge on any atom is -0.480 e. The molecule has 1 heterocycles. The molecule has 0 bridgehead atoms. The number of carboxylic acids is 1. The molecule has 0 saturated heterocycles. The lowest BCUT2D eigenvalue weighted by atomic mass is 9.96. The number of nitrogens with one attached hydrogen (secondary N) is 17. The lowest BCUT2D eigenvalue weighted by molar-refractivity contribution is -0.142. The van der Waals surface area contributed by atoms with E-state index in [2.05, 4.69) is 89.7 Å². The van der Waals surface area contributed by atoms with Gasteiger partial charge in [-0.15, -0.1) is 0 Å². The van der Waals surface area contributed by atoms with Crippen LogP contribution in [0.1, 0.15) is 151 Å². The first-order valence-corrected chi connectivity index (χ1v) is 36.4. The van der Waals surface area contributed by atoms with Gasteiger partial charge in [-0.25, -0.2) is 9.78 Å². The fraction of sp³-hybridized carbons (Fsp3) is 0.672. The minimum absolute atomic E-state index is 0.00693. The summed E-state index contributed by atoms with van der Waals surface area (Å²) >= 11 is 0. The van der Waals surface area contributed by atoms with Crippen LogP contribution in [0.25, 0.3) is 0 Å². The first-order valence-electron chi connectivity index (χ1n) is 36.4. The van der Waals surface area contributed by atoms with Crippen molar-refractivity contribution in [3.05, 3.63) is 18.2 Å². The van der Waals surface area contributed by atoms with Crippen molar-refractivity contribution in [3.8, 4) is 0 Å². The maximum Gasteiger partial charge on any atom is 0.326 e. The lowest BCUT2D eigenvalue weighted by Gasteiger charge is -2.29. The Bertz CT molecular complexity index is 3340. The third-order valence-electron chi connectivity index (χ3n) is 16.7. The summed E-state index contributed by atoms with van der Waals surface area (Å²) in [5, 5.41) is 63.2. The number of imidazole rings is 1. The van der Waals surface area contributed by atoms with Crippen molar-refractivity contribution < 1.29 is 96.5 Å². The zero-order valence-electron chi connectivity index (χ0n) is 64.2. The molecule has 0 fully saturated rings. The zero-order chi connectivity index (χ0) is 84.4. The SMILES string of the molecule is CC[C@H](C)[C@H](NC(=O)[C@H](CC(N)=O)NC(=O)CNC(=O)[C@@H](NC(=O)[C@H](CCCNC(=N)N)NC(=O)CNC(=O)[C@H](CCC(N)=O)NC(=O)[C@H](Cc1c[nH]cn1)NC(=O)[C@H](C)N)C(C)C)C(=O)N[C@@H](CC(C)C)C(=O)N[C@@H](CCC(N)=O)C(=O)N[C@@H](CC(C)C)C(=O)NCC(=O)N[C@@H](CO)C(=O)N[C@@H](CCCCN)C(=O)O. The molecule has 0 saturated carbocycles. The van der Waals surface area contributed by atoms with Crippen LogP contribution in [-0.4, -0.2) is 244 Å². The molecular weight excluding hydrogens is 1460 g/mol. The summed E-state index contributed by atoms with van der Waals surface area (Å²) in [7, 11) is 0. The molecule has 111 heavy (non-hydrogen) atoms. The number of amides is 17. The monoisotopic (exact) mass is 1580 g/mol. The van der Waals surface area contributed by atoms with E-state index in [1.165, 1.54) is 33.3 Å². The van der Waals surface area contributed by atoms with E-state index in [1.807, 2.05) is 0 Å². The predicted octanol–water partition coefficient (Wildman–Crippen LogP) is -9.35. The zero-order valence-corrected chi connectivity index (χ0v) is 64.2. The Hall–Kier alpha value is -11.2. The van der Waals surface area contributed by atoms with E-state index >= 15 is 0 Å². The quantitative estimate of drug-likeness (QED) is 0.0164. The van der Waals surface area contributed by atoms with Gasteiger partial charge in [-0.2, -0.15) is 0 Å². The van der Waals surface area contributed by atoms with Crippen molar-refractivity contribution in [1.82, 2.24) is 89.7 Å². The first-order chi connectivity index (χ1) is 52.0. The standard InChI is InChI=1S/C67H116N24O20/c1-10-35(8)54(65(109)89-43(23-33(4)5)60(104)85-40(17-19-48(71)94)58(102)88-42(22-32(2)3)57(101)78-28-52(98)83-46(30-92)63(107)86-41(66(110)111)14-11-12-20-68)91-62(106)45(25-49(72)95)82-51(97)29-79-64(108)53(34(6)7)90-59(103)38(15-13-21-76-67(73)74)81-50(96)27-77-56(100)39(16-18-47(70)93)84-61(105)44(87-55(99)36(9)69)24-37-26-75-31-80-37/h26,31-36,38-46,53-54,92H,10-25,27-30,68-69H2,1-9H3,(H2,70,93)(H2,71,94)(H2,72,95)(H,75,80)(H,77,100)(H,78,101)(H,79,108)(H,81,96)(H,82,97)(H,83,98)(H,84,105)(H,85,104)(H,86,107)(H,87,99)(H,88,102)(H,89,109)(H,90,103)(H,91,106)(H,110,111)(H4,73,74,76)/t35-,36-,38-,39-,40-,41-,42-,43-,44-,45-,46-,53-,54-/m0/s1. The number of primary amides is 3.